The summed E-state index contributed by atoms with van der Waals surface area (Å²) in [4.78, 5) is -0.0378. The molecule has 0 amide bonds. The average Bonchev–Trinajstić information content (AvgIpc) is 2.79. The molecule has 0 bridgehead atoms. The highest BCUT2D eigenvalue weighted by atomic mass is 32.2. The smallest absolute Gasteiger partial charge is 0.271 e. The summed E-state index contributed by atoms with van der Waals surface area (Å²) in [6, 6.07) is 21.3. The fourth-order valence-corrected chi connectivity index (χ4v) is 4.46. The molecule has 0 saturated heterocycles. The molecule has 0 saturated carbocycles. The molecular weight excluding hydrogens is 402 g/mol. The zero-order chi connectivity index (χ0) is 21.6. The third-order valence-electron chi connectivity index (χ3n) is 4.42. The second-order valence-electron chi connectivity index (χ2n) is 6.20. The van der Waals surface area contributed by atoms with Crippen LogP contribution in [0.15, 0.2) is 83.9 Å². The van der Waals surface area contributed by atoms with Crippen molar-refractivity contribution >= 4 is 21.8 Å². The van der Waals surface area contributed by atoms with Crippen molar-refractivity contribution in [1.82, 2.24) is 0 Å². The summed E-state index contributed by atoms with van der Waals surface area (Å²) >= 11 is 0. The number of sulfonamides is 1. The number of hydrogen-bond acceptors (Lipinski definition) is 5. The van der Waals surface area contributed by atoms with Crippen LogP contribution in [0.25, 0.3) is 6.08 Å². The van der Waals surface area contributed by atoms with Crippen molar-refractivity contribution in [2.24, 2.45) is 0 Å². The second-order valence-corrected chi connectivity index (χ2v) is 7.98. The summed E-state index contributed by atoms with van der Waals surface area (Å²) in [6.45, 7) is 0. The zero-order valence-electron chi connectivity index (χ0n) is 17.0. The zero-order valence-corrected chi connectivity index (χ0v) is 17.8. The molecule has 3 rings (SSSR count). The van der Waals surface area contributed by atoms with Gasteiger partial charge in [-0.3, -0.25) is 0 Å². The molecule has 156 valence electrons. The van der Waals surface area contributed by atoms with Gasteiger partial charge < -0.3 is 14.2 Å². The summed E-state index contributed by atoms with van der Waals surface area (Å²) in [6.07, 6.45) is 3.26. The highest BCUT2D eigenvalue weighted by Gasteiger charge is 2.30. The molecule has 0 aromatic heterocycles. The van der Waals surface area contributed by atoms with Crippen LogP contribution in [0, 0.1) is 0 Å². The monoisotopic (exact) mass is 425 g/mol. The van der Waals surface area contributed by atoms with E-state index < -0.39 is 10.0 Å². The first kappa shape index (κ1) is 21.3. The molecule has 0 N–H and O–H groups in total. The van der Waals surface area contributed by atoms with Gasteiger partial charge in [-0.15, -0.1) is 0 Å². The van der Waals surface area contributed by atoms with E-state index in [1.807, 2.05) is 36.4 Å². The molecule has 0 heterocycles. The van der Waals surface area contributed by atoms with Gasteiger partial charge in [-0.2, -0.15) is 0 Å². The topological polar surface area (TPSA) is 65.1 Å². The van der Waals surface area contributed by atoms with Gasteiger partial charge in [-0.1, -0.05) is 48.5 Å². The number of nitrogens with zero attached hydrogens (tertiary/aromatic N) is 1. The Labute approximate surface area is 177 Å². The van der Waals surface area contributed by atoms with Gasteiger partial charge in [0.25, 0.3) is 10.0 Å². The van der Waals surface area contributed by atoms with E-state index in [2.05, 4.69) is 0 Å². The molecule has 0 radical (unpaired) electrons. The average molecular weight is 426 g/mol. The largest absolute Gasteiger partial charge is 0.493 e. The van der Waals surface area contributed by atoms with Gasteiger partial charge in [-0.25, -0.2) is 12.7 Å². The lowest BCUT2D eigenvalue weighted by Crippen LogP contribution is -2.26. The number of ether oxygens (including phenoxy) is 3. The Balaban J connectivity index is 2.17. The number of rotatable bonds is 8. The molecule has 3 aromatic carbocycles. The van der Waals surface area contributed by atoms with E-state index in [4.69, 9.17) is 14.2 Å². The van der Waals surface area contributed by atoms with Gasteiger partial charge in [0.05, 0.1) is 27.0 Å². The van der Waals surface area contributed by atoms with Gasteiger partial charge in [0, 0.05) is 6.20 Å². The first-order valence-corrected chi connectivity index (χ1v) is 10.6. The van der Waals surface area contributed by atoms with Crippen molar-refractivity contribution in [2.45, 2.75) is 4.90 Å². The lowest BCUT2D eigenvalue weighted by atomic mass is 10.2. The van der Waals surface area contributed by atoms with Crippen molar-refractivity contribution < 1.29 is 22.6 Å². The number of anilines is 1. The number of methoxy groups -OCH3 is 3. The van der Waals surface area contributed by atoms with E-state index in [9.17, 15) is 8.42 Å². The van der Waals surface area contributed by atoms with Crippen molar-refractivity contribution in [3.8, 4) is 17.2 Å². The first-order valence-electron chi connectivity index (χ1n) is 9.14. The lowest BCUT2D eigenvalue weighted by molar-refractivity contribution is 0.318. The van der Waals surface area contributed by atoms with Gasteiger partial charge in [0.15, 0.2) is 11.5 Å². The highest BCUT2D eigenvalue weighted by Crippen LogP contribution is 2.43. The van der Waals surface area contributed by atoms with Gasteiger partial charge >= 0.3 is 0 Å². The maximum Gasteiger partial charge on any atom is 0.271 e. The molecular formula is C23H23NO5S. The van der Waals surface area contributed by atoms with Crippen molar-refractivity contribution in [3.05, 3.63) is 84.6 Å². The SMILES string of the molecule is COc1ccc(S(=O)(=O)N(/C=C\c2ccccc2)c2ccccc2)c(OC)c1OC. The van der Waals surface area contributed by atoms with Gasteiger partial charge in [0.2, 0.25) is 5.75 Å². The number of para-hydroxylation sites is 1. The summed E-state index contributed by atoms with van der Waals surface area (Å²) < 4.78 is 44.6. The molecule has 30 heavy (non-hydrogen) atoms. The molecule has 3 aromatic rings. The standard InChI is InChI=1S/C23H23NO5S/c1-27-20-14-15-21(23(29-3)22(20)28-2)30(25,26)24(19-12-8-5-9-13-19)17-16-18-10-6-4-7-11-18/h4-17H,1-3H3/b17-16-. The quantitative estimate of drug-likeness (QED) is 0.529. The van der Waals surface area contributed by atoms with Crippen LogP contribution in [-0.4, -0.2) is 29.7 Å². The summed E-state index contributed by atoms with van der Waals surface area (Å²) in [5, 5.41) is 0. The summed E-state index contributed by atoms with van der Waals surface area (Å²) in [7, 11) is 0.261. The Morgan fingerprint density at radius 1 is 0.733 bits per heavy atom. The Bertz CT molecular complexity index is 1110. The van der Waals surface area contributed by atoms with Crippen LogP contribution in [0.2, 0.25) is 0 Å². The molecule has 0 aliphatic rings. The van der Waals surface area contributed by atoms with E-state index in [0.717, 1.165) is 5.56 Å². The lowest BCUT2D eigenvalue weighted by Gasteiger charge is -2.23. The minimum absolute atomic E-state index is 0.0378. The van der Waals surface area contributed by atoms with Crippen LogP contribution in [-0.2, 0) is 10.0 Å². The minimum Gasteiger partial charge on any atom is -0.493 e. The Morgan fingerprint density at radius 3 is 1.90 bits per heavy atom. The van der Waals surface area contributed by atoms with Crippen LogP contribution in [0.1, 0.15) is 5.56 Å². The van der Waals surface area contributed by atoms with E-state index >= 15 is 0 Å². The minimum atomic E-state index is -4.04. The number of benzene rings is 3. The Kier molecular flexibility index (Phi) is 6.64. The fraction of sp³-hybridized carbons (Fsp3) is 0.130. The van der Waals surface area contributed by atoms with E-state index in [-0.39, 0.29) is 16.4 Å². The maximum atomic E-state index is 13.7. The summed E-state index contributed by atoms with van der Waals surface area (Å²) in [5.74, 6) is 0.659. The molecule has 0 aliphatic heterocycles. The predicted octanol–water partition coefficient (Wildman–Crippen LogP) is 4.58. The highest BCUT2D eigenvalue weighted by molar-refractivity contribution is 7.93. The van der Waals surface area contributed by atoms with Crippen LogP contribution < -0.4 is 18.5 Å². The van der Waals surface area contributed by atoms with Crippen molar-refractivity contribution in [2.75, 3.05) is 25.6 Å². The maximum absolute atomic E-state index is 13.7. The van der Waals surface area contributed by atoms with Crippen LogP contribution in [0.5, 0.6) is 17.2 Å². The molecule has 7 heteroatoms. The first-order chi connectivity index (χ1) is 14.5. The number of hydrogen-bond donors (Lipinski definition) is 0. The summed E-state index contributed by atoms with van der Waals surface area (Å²) in [5.41, 5.74) is 1.36. The Hall–Kier alpha value is -3.45. The van der Waals surface area contributed by atoms with Gasteiger partial charge in [-0.05, 0) is 35.9 Å². The van der Waals surface area contributed by atoms with Crippen molar-refractivity contribution in [1.29, 1.82) is 0 Å². The van der Waals surface area contributed by atoms with Crippen LogP contribution in [0.4, 0.5) is 5.69 Å². The third-order valence-corrected chi connectivity index (χ3v) is 6.15. The van der Waals surface area contributed by atoms with E-state index in [0.29, 0.717) is 11.4 Å². The van der Waals surface area contributed by atoms with E-state index in [1.54, 1.807) is 36.4 Å². The predicted molar refractivity (Wildman–Crippen MR) is 118 cm³/mol. The van der Waals surface area contributed by atoms with Gasteiger partial charge in [0.1, 0.15) is 4.90 Å². The van der Waals surface area contributed by atoms with Crippen molar-refractivity contribution in [3.63, 3.8) is 0 Å². The molecule has 0 aliphatic carbocycles. The molecule has 0 atom stereocenters. The molecule has 0 fully saturated rings. The molecule has 0 unspecified atom stereocenters. The molecule has 0 spiro atoms. The van der Waals surface area contributed by atoms with Crippen LogP contribution in [0.3, 0.4) is 0 Å². The third kappa shape index (κ3) is 4.26. The normalized spacial score (nSPS) is 11.3. The molecule has 6 nitrogen and oxygen atoms in total. The fourth-order valence-electron chi connectivity index (χ4n) is 2.98. The Morgan fingerprint density at radius 2 is 1.33 bits per heavy atom. The van der Waals surface area contributed by atoms with E-state index in [1.165, 1.54) is 37.9 Å². The van der Waals surface area contributed by atoms with Crippen LogP contribution >= 0.6 is 0 Å². The second kappa shape index (κ2) is 9.37.